The summed E-state index contributed by atoms with van der Waals surface area (Å²) in [6, 6.07) is 8.73. The van der Waals surface area contributed by atoms with Gasteiger partial charge in [-0.15, -0.1) is 0 Å². The van der Waals surface area contributed by atoms with E-state index in [-0.39, 0.29) is 10.8 Å². The smallest absolute Gasteiger partial charge is 0.240 e. The fourth-order valence-electron chi connectivity index (χ4n) is 5.35. The second-order valence-corrected chi connectivity index (χ2v) is 8.45. The standard InChI is InChI=1S/C17H21BrN2O/c1-3-17-10-19-8-16(2,15(17)21)9-20(11-17)14(19)12-5-4-6-13(18)7-12/h4-7,14H,3,8-11H2,1-2H3/p+2. The number of carbonyl (C=O) groups is 1. The molecule has 21 heavy (non-hydrogen) atoms. The molecule has 4 heterocycles. The van der Waals surface area contributed by atoms with Crippen molar-refractivity contribution in [3.05, 3.63) is 34.3 Å². The molecule has 4 bridgehead atoms. The third-order valence-corrected chi connectivity index (χ3v) is 6.56. The van der Waals surface area contributed by atoms with Gasteiger partial charge in [-0.1, -0.05) is 28.9 Å². The van der Waals surface area contributed by atoms with Gasteiger partial charge in [0.25, 0.3) is 0 Å². The first kappa shape index (κ1) is 13.9. The predicted octanol–water partition coefficient (Wildman–Crippen LogP) is 0.230. The maximum atomic E-state index is 12.9. The Morgan fingerprint density at radius 1 is 1.24 bits per heavy atom. The largest absolute Gasteiger partial charge is 0.297 e. The molecule has 4 saturated heterocycles. The fraction of sp³-hybridized carbons (Fsp3) is 0.588. The monoisotopic (exact) mass is 350 g/mol. The molecule has 0 amide bonds. The lowest BCUT2D eigenvalue weighted by atomic mass is 9.60. The van der Waals surface area contributed by atoms with Crippen LogP contribution < -0.4 is 9.80 Å². The van der Waals surface area contributed by atoms with Crippen LogP contribution in [0.4, 0.5) is 0 Å². The van der Waals surface area contributed by atoms with Crippen LogP contribution in [0.2, 0.25) is 0 Å². The maximum Gasteiger partial charge on any atom is 0.240 e. The Bertz CT molecular complexity index is 599. The molecule has 0 aliphatic carbocycles. The Morgan fingerprint density at radius 2 is 1.90 bits per heavy atom. The molecular weight excluding hydrogens is 328 g/mol. The first-order chi connectivity index (χ1) is 9.97. The molecule has 4 aliphatic heterocycles. The van der Waals surface area contributed by atoms with Crippen molar-refractivity contribution < 1.29 is 14.6 Å². The third kappa shape index (κ3) is 1.82. The SMILES string of the molecule is CCC12C[NH+]3CC(C)(C[NH+](C1)C3c1cccc(Br)c1)C2=O. The van der Waals surface area contributed by atoms with E-state index in [1.165, 1.54) is 5.56 Å². The number of hydrogen-bond acceptors (Lipinski definition) is 1. The lowest BCUT2D eigenvalue weighted by Crippen LogP contribution is -3.41. The van der Waals surface area contributed by atoms with Crippen LogP contribution in [0.25, 0.3) is 0 Å². The van der Waals surface area contributed by atoms with Gasteiger partial charge in [-0.25, -0.2) is 0 Å². The minimum atomic E-state index is -0.0975. The lowest BCUT2D eigenvalue weighted by molar-refractivity contribution is -1.18. The van der Waals surface area contributed by atoms with Gasteiger partial charge in [0.05, 0.1) is 18.7 Å². The van der Waals surface area contributed by atoms with Crippen molar-refractivity contribution in [2.24, 2.45) is 10.8 Å². The van der Waals surface area contributed by atoms with Crippen molar-refractivity contribution in [3.8, 4) is 0 Å². The van der Waals surface area contributed by atoms with Crippen LogP contribution in [-0.2, 0) is 4.79 Å². The van der Waals surface area contributed by atoms with Gasteiger partial charge in [0, 0.05) is 4.47 Å². The number of Topliss-reactive ketones (excluding diaryl/α,β-unsaturated/α-hetero) is 1. The second-order valence-electron chi connectivity index (χ2n) is 7.54. The number of carbonyl (C=O) groups excluding carboxylic acids is 1. The van der Waals surface area contributed by atoms with E-state index in [1.54, 1.807) is 9.80 Å². The summed E-state index contributed by atoms with van der Waals surface area (Å²) in [5, 5.41) is 0. The molecule has 5 rings (SSSR count). The molecule has 0 radical (unpaired) electrons. The predicted molar refractivity (Wildman–Crippen MR) is 84.1 cm³/mol. The summed E-state index contributed by atoms with van der Waals surface area (Å²) < 4.78 is 1.16. The Morgan fingerprint density at radius 3 is 2.48 bits per heavy atom. The van der Waals surface area contributed by atoms with E-state index in [9.17, 15) is 4.79 Å². The zero-order valence-corrected chi connectivity index (χ0v) is 14.3. The van der Waals surface area contributed by atoms with E-state index < -0.39 is 0 Å². The summed E-state index contributed by atoms with van der Waals surface area (Å²) in [5.74, 6) is 0.553. The average Bonchev–Trinajstić information content (AvgIpc) is 2.43. The minimum Gasteiger partial charge on any atom is -0.297 e. The molecule has 1 aromatic rings. The normalized spacial score (nSPS) is 44.3. The zero-order valence-electron chi connectivity index (χ0n) is 12.7. The van der Waals surface area contributed by atoms with E-state index in [0.717, 1.165) is 37.1 Å². The van der Waals surface area contributed by atoms with Gasteiger partial charge in [-0.2, -0.15) is 0 Å². The summed E-state index contributed by atoms with van der Waals surface area (Å²) in [7, 11) is 0. The van der Waals surface area contributed by atoms with Crippen molar-refractivity contribution in [2.75, 3.05) is 26.2 Å². The third-order valence-electron chi connectivity index (χ3n) is 6.07. The number of piperidine rings is 2. The van der Waals surface area contributed by atoms with Crippen molar-refractivity contribution in [1.29, 1.82) is 0 Å². The van der Waals surface area contributed by atoms with Gasteiger partial charge in [-0.05, 0) is 31.5 Å². The van der Waals surface area contributed by atoms with Crippen LogP contribution in [0.3, 0.4) is 0 Å². The molecule has 0 aromatic heterocycles. The van der Waals surface area contributed by atoms with Crippen LogP contribution >= 0.6 is 15.9 Å². The van der Waals surface area contributed by atoms with Crippen molar-refractivity contribution in [1.82, 2.24) is 0 Å². The molecular formula is C17H23BrN2O+2. The Hall–Kier alpha value is -0.710. The molecule has 1 aromatic carbocycles. The fourth-order valence-corrected chi connectivity index (χ4v) is 5.76. The quantitative estimate of drug-likeness (QED) is 0.784. The second kappa shape index (κ2) is 4.40. The van der Waals surface area contributed by atoms with Crippen LogP contribution in [0.5, 0.6) is 0 Å². The highest BCUT2D eigenvalue weighted by Gasteiger charge is 2.69. The number of benzene rings is 1. The first-order valence-corrected chi connectivity index (χ1v) is 8.76. The van der Waals surface area contributed by atoms with Crippen LogP contribution in [-0.4, -0.2) is 32.0 Å². The van der Waals surface area contributed by atoms with Crippen molar-refractivity contribution in [3.63, 3.8) is 0 Å². The summed E-state index contributed by atoms with van der Waals surface area (Å²) >= 11 is 3.60. The molecule has 112 valence electrons. The Balaban J connectivity index is 1.76. The topological polar surface area (TPSA) is 26.0 Å². The number of nitrogens with one attached hydrogen (secondary N) is 2. The number of halogens is 1. The first-order valence-electron chi connectivity index (χ1n) is 7.97. The molecule has 4 fully saturated rings. The number of hydrogen-bond donors (Lipinski definition) is 2. The van der Waals surface area contributed by atoms with Gasteiger partial charge in [0.1, 0.15) is 23.9 Å². The molecule has 4 aliphatic rings. The lowest BCUT2D eigenvalue weighted by Gasteiger charge is -2.59. The van der Waals surface area contributed by atoms with Gasteiger partial charge >= 0.3 is 0 Å². The van der Waals surface area contributed by atoms with Crippen LogP contribution in [0.1, 0.15) is 32.0 Å². The number of quaternary nitrogens is 2. The highest BCUT2D eigenvalue weighted by molar-refractivity contribution is 9.10. The van der Waals surface area contributed by atoms with Gasteiger partial charge in [0.2, 0.25) is 6.17 Å². The number of rotatable bonds is 2. The van der Waals surface area contributed by atoms with E-state index in [4.69, 9.17) is 0 Å². The maximum absolute atomic E-state index is 12.9. The Kier molecular flexibility index (Phi) is 2.92. The van der Waals surface area contributed by atoms with E-state index in [0.29, 0.717) is 11.9 Å². The average molecular weight is 351 g/mol. The summed E-state index contributed by atoms with van der Waals surface area (Å²) in [4.78, 5) is 16.1. The van der Waals surface area contributed by atoms with Gasteiger partial charge in [0.15, 0.2) is 5.78 Å². The highest BCUT2D eigenvalue weighted by Crippen LogP contribution is 2.38. The Labute approximate surface area is 134 Å². The van der Waals surface area contributed by atoms with Gasteiger partial charge in [-0.3, -0.25) is 14.6 Å². The summed E-state index contributed by atoms with van der Waals surface area (Å²) in [6.45, 7) is 8.47. The van der Waals surface area contributed by atoms with Gasteiger partial charge < -0.3 is 0 Å². The summed E-state index contributed by atoms with van der Waals surface area (Å²) in [5.41, 5.74) is 1.26. The molecule has 2 atom stereocenters. The van der Waals surface area contributed by atoms with E-state index in [2.05, 4.69) is 54.0 Å². The molecule has 3 nitrogen and oxygen atoms in total. The van der Waals surface area contributed by atoms with Crippen molar-refractivity contribution in [2.45, 2.75) is 26.4 Å². The van der Waals surface area contributed by atoms with E-state index >= 15 is 0 Å². The minimum absolute atomic E-state index is 0.0571. The molecule has 0 saturated carbocycles. The molecule has 2 N–H and O–H groups in total. The van der Waals surface area contributed by atoms with E-state index in [1.807, 2.05) is 0 Å². The number of ketones is 1. The highest BCUT2D eigenvalue weighted by atomic mass is 79.9. The van der Waals surface area contributed by atoms with Crippen molar-refractivity contribution >= 4 is 21.7 Å². The molecule has 4 heteroatoms. The molecule has 2 unspecified atom stereocenters. The summed E-state index contributed by atoms with van der Waals surface area (Å²) in [6.07, 6.45) is 1.50. The zero-order chi connectivity index (χ0) is 14.8. The van der Waals surface area contributed by atoms with Crippen LogP contribution in [0.15, 0.2) is 28.7 Å². The van der Waals surface area contributed by atoms with Crippen LogP contribution in [0, 0.1) is 10.8 Å². The molecule has 0 spiro atoms.